The maximum Gasteiger partial charge on any atom is 0.224 e. The maximum atomic E-state index is 12.0. The lowest BCUT2D eigenvalue weighted by molar-refractivity contribution is -0.127. The van der Waals surface area contributed by atoms with Crippen molar-refractivity contribution in [1.29, 1.82) is 0 Å². The van der Waals surface area contributed by atoms with Crippen LogP contribution in [0.15, 0.2) is 12.3 Å². The topological polar surface area (TPSA) is 96.3 Å². The Morgan fingerprint density at radius 3 is 2.68 bits per heavy atom. The lowest BCUT2D eigenvalue weighted by atomic mass is 10.1. The first-order valence-electron chi connectivity index (χ1n) is 7.30. The van der Waals surface area contributed by atoms with Gasteiger partial charge in [-0.05, 0) is 13.0 Å². The number of aromatic nitrogens is 2. The predicted molar refractivity (Wildman–Crippen MR) is 82.6 cm³/mol. The van der Waals surface area contributed by atoms with Gasteiger partial charge in [0.15, 0.2) is 0 Å². The van der Waals surface area contributed by atoms with Crippen LogP contribution in [0.1, 0.15) is 25.1 Å². The summed E-state index contributed by atoms with van der Waals surface area (Å²) >= 11 is 0. The minimum atomic E-state index is -3.18. The van der Waals surface area contributed by atoms with E-state index in [-0.39, 0.29) is 23.7 Å². The molecule has 2 atom stereocenters. The van der Waals surface area contributed by atoms with Crippen molar-refractivity contribution in [2.45, 2.75) is 25.4 Å². The molecule has 0 aliphatic carbocycles. The summed E-state index contributed by atoms with van der Waals surface area (Å²) in [6, 6.07) is 1.75. The van der Waals surface area contributed by atoms with Crippen LogP contribution in [0.4, 0.5) is 0 Å². The van der Waals surface area contributed by atoms with E-state index in [2.05, 4.69) is 15.1 Å². The third-order valence-corrected chi connectivity index (χ3v) is 5.39. The molecule has 2 N–H and O–H groups in total. The van der Waals surface area contributed by atoms with Crippen molar-refractivity contribution >= 4 is 15.9 Å². The highest BCUT2D eigenvalue weighted by Crippen LogP contribution is 2.31. The van der Waals surface area contributed by atoms with Crippen LogP contribution in [0, 0.1) is 0 Å². The molecule has 9 heteroatoms. The van der Waals surface area contributed by atoms with Crippen molar-refractivity contribution in [2.24, 2.45) is 7.05 Å². The molecule has 1 fully saturated rings. The minimum Gasteiger partial charge on any atom is -0.336 e. The van der Waals surface area contributed by atoms with Crippen molar-refractivity contribution in [3.63, 3.8) is 0 Å². The average Bonchev–Trinajstić information content (AvgIpc) is 3.00. The Morgan fingerprint density at radius 1 is 1.36 bits per heavy atom. The number of aryl methyl sites for hydroxylation is 1. The summed E-state index contributed by atoms with van der Waals surface area (Å²) in [5.74, 6) is 0.132. The first-order valence-corrected chi connectivity index (χ1v) is 8.95. The van der Waals surface area contributed by atoms with Gasteiger partial charge in [0.1, 0.15) is 0 Å². The SMILES string of the molecule is CCS(=O)(=O)NCCN[C@@H]1CC(=O)N(C)[C@H]1c1ccnn1C. The number of carbonyl (C=O) groups excluding carboxylic acids is 1. The zero-order valence-corrected chi connectivity index (χ0v) is 13.9. The Balaban J connectivity index is 1.97. The quantitative estimate of drug-likeness (QED) is 0.640. The highest BCUT2D eigenvalue weighted by atomic mass is 32.2. The fourth-order valence-electron chi connectivity index (χ4n) is 2.70. The lowest BCUT2D eigenvalue weighted by Gasteiger charge is -2.25. The molecule has 1 amide bonds. The van der Waals surface area contributed by atoms with Gasteiger partial charge in [0.2, 0.25) is 15.9 Å². The van der Waals surface area contributed by atoms with Gasteiger partial charge in [-0.3, -0.25) is 9.48 Å². The zero-order valence-electron chi connectivity index (χ0n) is 13.1. The summed E-state index contributed by atoms with van der Waals surface area (Å²) in [7, 11) is 0.443. The van der Waals surface area contributed by atoms with Crippen LogP contribution >= 0.6 is 0 Å². The summed E-state index contributed by atoms with van der Waals surface area (Å²) in [6.07, 6.45) is 2.10. The van der Waals surface area contributed by atoms with Crippen LogP contribution in [0.2, 0.25) is 0 Å². The van der Waals surface area contributed by atoms with E-state index in [4.69, 9.17) is 0 Å². The van der Waals surface area contributed by atoms with Crippen LogP contribution in [0.25, 0.3) is 0 Å². The van der Waals surface area contributed by atoms with E-state index in [9.17, 15) is 13.2 Å². The summed E-state index contributed by atoms with van der Waals surface area (Å²) in [4.78, 5) is 13.7. The fourth-order valence-corrected chi connectivity index (χ4v) is 3.31. The normalized spacial score (nSPS) is 22.5. The number of nitrogens with one attached hydrogen (secondary N) is 2. The number of carbonyl (C=O) groups is 1. The number of sulfonamides is 1. The molecule has 0 spiro atoms. The molecule has 1 aromatic heterocycles. The Bertz CT molecular complexity index is 627. The van der Waals surface area contributed by atoms with Gasteiger partial charge in [-0.2, -0.15) is 5.10 Å². The Labute approximate surface area is 130 Å². The van der Waals surface area contributed by atoms with Crippen molar-refractivity contribution in [2.75, 3.05) is 25.9 Å². The van der Waals surface area contributed by atoms with Gasteiger partial charge in [0, 0.05) is 45.8 Å². The van der Waals surface area contributed by atoms with Crippen LogP contribution in [-0.4, -0.2) is 60.9 Å². The Kier molecular flexibility index (Phi) is 5.20. The monoisotopic (exact) mass is 329 g/mol. The molecule has 1 aliphatic rings. The van der Waals surface area contributed by atoms with Crippen molar-refractivity contribution in [3.05, 3.63) is 18.0 Å². The molecule has 0 unspecified atom stereocenters. The van der Waals surface area contributed by atoms with E-state index >= 15 is 0 Å². The largest absolute Gasteiger partial charge is 0.336 e. The molecule has 1 aliphatic heterocycles. The first-order chi connectivity index (χ1) is 10.4. The van der Waals surface area contributed by atoms with Crippen molar-refractivity contribution < 1.29 is 13.2 Å². The van der Waals surface area contributed by atoms with E-state index in [1.165, 1.54) is 0 Å². The second-order valence-corrected chi connectivity index (χ2v) is 7.49. The highest BCUT2D eigenvalue weighted by molar-refractivity contribution is 7.89. The summed E-state index contributed by atoms with van der Waals surface area (Å²) in [5.41, 5.74) is 0.958. The maximum absolute atomic E-state index is 12.0. The number of nitrogens with zero attached hydrogens (tertiary/aromatic N) is 3. The Hall–Kier alpha value is -1.45. The molecule has 0 aromatic carbocycles. The molecule has 22 heavy (non-hydrogen) atoms. The van der Waals surface area contributed by atoms with E-state index in [1.54, 1.807) is 29.7 Å². The molecule has 1 aromatic rings. The van der Waals surface area contributed by atoms with Crippen LogP contribution in [0.5, 0.6) is 0 Å². The van der Waals surface area contributed by atoms with Crippen LogP contribution in [0.3, 0.4) is 0 Å². The van der Waals surface area contributed by atoms with Gasteiger partial charge in [-0.25, -0.2) is 13.1 Å². The predicted octanol–water partition coefficient (Wildman–Crippen LogP) is -0.779. The lowest BCUT2D eigenvalue weighted by Crippen LogP contribution is -2.40. The average molecular weight is 329 g/mol. The second kappa shape index (κ2) is 6.76. The van der Waals surface area contributed by atoms with Crippen molar-refractivity contribution in [1.82, 2.24) is 24.7 Å². The van der Waals surface area contributed by atoms with Crippen molar-refractivity contribution in [3.8, 4) is 0 Å². The molecule has 1 saturated heterocycles. The fraction of sp³-hybridized carbons (Fsp3) is 0.692. The number of hydrogen-bond acceptors (Lipinski definition) is 5. The van der Waals surface area contributed by atoms with Gasteiger partial charge in [0.25, 0.3) is 0 Å². The molecule has 2 heterocycles. The van der Waals surface area contributed by atoms with Gasteiger partial charge in [0.05, 0.1) is 17.5 Å². The highest BCUT2D eigenvalue weighted by Gasteiger charge is 2.39. The molecular weight excluding hydrogens is 306 g/mol. The van der Waals surface area contributed by atoms with E-state index in [0.29, 0.717) is 19.5 Å². The molecule has 0 radical (unpaired) electrons. The van der Waals surface area contributed by atoms with Crippen LogP contribution < -0.4 is 10.0 Å². The Morgan fingerprint density at radius 2 is 2.09 bits per heavy atom. The molecule has 0 saturated carbocycles. The van der Waals surface area contributed by atoms with E-state index in [1.807, 2.05) is 13.1 Å². The smallest absolute Gasteiger partial charge is 0.224 e. The minimum absolute atomic E-state index is 0.0565. The number of amides is 1. The summed E-state index contributed by atoms with van der Waals surface area (Å²) < 4.78 is 27.0. The van der Waals surface area contributed by atoms with Gasteiger partial charge < -0.3 is 10.2 Å². The molecule has 8 nitrogen and oxygen atoms in total. The molecular formula is C13H23N5O3S. The third kappa shape index (κ3) is 3.65. The number of rotatable bonds is 7. The molecule has 124 valence electrons. The number of likely N-dealkylation sites (tertiary alicyclic amines) is 1. The van der Waals surface area contributed by atoms with Gasteiger partial charge in [-0.1, -0.05) is 0 Å². The van der Waals surface area contributed by atoms with Crippen LogP contribution in [-0.2, 0) is 21.9 Å². The van der Waals surface area contributed by atoms with Gasteiger partial charge in [-0.15, -0.1) is 0 Å². The molecule has 0 bridgehead atoms. The number of likely N-dealkylation sites (N-methyl/N-ethyl adjacent to an activating group) is 1. The second-order valence-electron chi connectivity index (χ2n) is 5.39. The first kappa shape index (κ1) is 16.9. The summed E-state index contributed by atoms with van der Waals surface area (Å²) in [5, 5.41) is 7.43. The number of hydrogen-bond donors (Lipinski definition) is 2. The van der Waals surface area contributed by atoms with E-state index < -0.39 is 10.0 Å². The van der Waals surface area contributed by atoms with E-state index in [0.717, 1.165) is 5.69 Å². The summed E-state index contributed by atoms with van der Waals surface area (Å²) in [6.45, 7) is 2.38. The third-order valence-electron chi connectivity index (χ3n) is 3.98. The van der Waals surface area contributed by atoms with Gasteiger partial charge >= 0.3 is 0 Å². The zero-order chi connectivity index (χ0) is 16.3. The molecule has 2 rings (SSSR count). The standard InChI is InChI=1S/C13H23N5O3S/c1-4-22(20,21)16-8-7-14-10-9-12(19)17(2)13(10)11-5-6-15-18(11)3/h5-6,10,13-14,16H,4,7-9H2,1-3H3/t10-,13-/m1/s1.